The average molecular weight is 425 g/mol. The number of nitrogen functional groups attached to an aromatic ring is 1. The lowest BCUT2D eigenvalue weighted by atomic mass is 10.1. The topological polar surface area (TPSA) is 87.5 Å². The van der Waals surface area contributed by atoms with Crippen molar-refractivity contribution < 1.29 is 9.59 Å². The van der Waals surface area contributed by atoms with Crippen LogP contribution in [0.5, 0.6) is 0 Å². The van der Waals surface area contributed by atoms with Crippen molar-refractivity contribution in [2.24, 2.45) is 0 Å². The van der Waals surface area contributed by atoms with E-state index in [1.54, 1.807) is 48.5 Å². The molecule has 8 heteroatoms. The van der Waals surface area contributed by atoms with E-state index in [1.807, 2.05) is 0 Å². The van der Waals surface area contributed by atoms with Crippen molar-refractivity contribution in [2.75, 3.05) is 37.2 Å². The number of nitrogens with one attached hydrogen (secondary N) is 2. The fourth-order valence-electron chi connectivity index (χ4n) is 3.02. The van der Waals surface area contributed by atoms with Crippen molar-refractivity contribution >= 4 is 48.0 Å². The van der Waals surface area contributed by atoms with Gasteiger partial charge in [0.2, 0.25) is 0 Å². The number of hydrogen-bond donors (Lipinski definition) is 3. The van der Waals surface area contributed by atoms with Crippen LogP contribution in [0.2, 0.25) is 0 Å². The Labute approximate surface area is 177 Å². The molecule has 3 rings (SSSR count). The molecule has 0 spiro atoms. The summed E-state index contributed by atoms with van der Waals surface area (Å²) in [6.45, 7) is 3.78. The highest BCUT2D eigenvalue weighted by Gasteiger charge is 2.12. The van der Waals surface area contributed by atoms with E-state index in [0.717, 1.165) is 19.6 Å². The molecule has 1 heterocycles. The SMILES string of the molecule is Cl.Cl.Nc1cccc(C(=O)Nc2ccc(C(=O)NCCN3CCCC3)cc2)c1. The second-order valence-electron chi connectivity index (χ2n) is 6.46. The molecule has 0 bridgehead atoms. The molecule has 28 heavy (non-hydrogen) atoms. The van der Waals surface area contributed by atoms with Crippen LogP contribution in [-0.4, -0.2) is 42.9 Å². The highest BCUT2D eigenvalue weighted by Crippen LogP contribution is 2.13. The van der Waals surface area contributed by atoms with Gasteiger partial charge in [0.15, 0.2) is 0 Å². The summed E-state index contributed by atoms with van der Waals surface area (Å²) in [4.78, 5) is 26.7. The van der Waals surface area contributed by atoms with Gasteiger partial charge in [-0.25, -0.2) is 0 Å². The molecule has 0 atom stereocenters. The second kappa shape index (κ2) is 11.5. The van der Waals surface area contributed by atoms with E-state index in [4.69, 9.17) is 5.73 Å². The summed E-state index contributed by atoms with van der Waals surface area (Å²) in [6, 6.07) is 13.7. The lowest BCUT2D eigenvalue weighted by molar-refractivity contribution is 0.0949. The van der Waals surface area contributed by atoms with E-state index in [1.165, 1.54) is 12.8 Å². The minimum absolute atomic E-state index is 0. The first-order valence-corrected chi connectivity index (χ1v) is 8.89. The maximum atomic E-state index is 12.2. The first-order valence-electron chi connectivity index (χ1n) is 8.89. The van der Waals surface area contributed by atoms with Gasteiger partial charge in [0.05, 0.1) is 0 Å². The van der Waals surface area contributed by atoms with Gasteiger partial charge in [-0.3, -0.25) is 9.59 Å². The number of likely N-dealkylation sites (tertiary alicyclic amines) is 1. The van der Waals surface area contributed by atoms with Gasteiger partial charge in [-0.2, -0.15) is 0 Å². The zero-order chi connectivity index (χ0) is 18.4. The van der Waals surface area contributed by atoms with Crippen LogP contribution >= 0.6 is 24.8 Å². The third kappa shape index (κ3) is 6.71. The summed E-state index contributed by atoms with van der Waals surface area (Å²) in [5.41, 5.74) is 7.94. The second-order valence-corrected chi connectivity index (χ2v) is 6.46. The van der Waals surface area contributed by atoms with Gasteiger partial charge in [0.1, 0.15) is 0 Å². The lowest BCUT2D eigenvalue weighted by Crippen LogP contribution is -2.33. The van der Waals surface area contributed by atoms with Gasteiger partial charge >= 0.3 is 0 Å². The molecular weight excluding hydrogens is 399 g/mol. The number of amides is 2. The summed E-state index contributed by atoms with van der Waals surface area (Å²) >= 11 is 0. The number of halogens is 2. The molecule has 2 amide bonds. The normalized spacial score (nSPS) is 13.1. The van der Waals surface area contributed by atoms with Crippen molar-refractivity contribution in [3.63, 3.8) is 0 Å². The number of nitrogens with two attached hydrogens (primary N) is 1. The molecule has 0 saturated carbocycles. The van der Waals surface area contributed by atoms with Gasteiger partial charge in [-0.15, -0.1) is 24.8 Å². The minimum Gasteiger partial charge on any atom is -0.399 e. The smallest absolute Gasteiger partial charge is 0.255 e. The predicted molar refractivity (Wildman–Crippen MR) is 118 cm³/mol. The van der Waals surface area contributed by atoms with Crippen molar-refractivity contribution in [2.45, 2.75) is 12.8 Å². The van der Waals surface area contributed by atoms with E-state index in [2.05, 4.69) is 15.5 Å². The number of carbonyl (C=O) groups is 2. The number of nitrogens with zero attached hydrogens (tertiary/aromatic N) is 1. The quantitative estimate of drug-likeness (QED) is 0.621. The Kier molecular flexibility index (Phi) is 9.79. The van der Waals surface area contributed by atoms with E-state index in [0.29, 0.717) is 29.0 Å². The van der Waals surface area contributed by atoms with Crippen LogP contribution in [0.25, 0.3) is 0 Å². The molecule has 1 saturated heterocycles. The Balaban J connectivity index is 0.00000196. The molecule has 0 aromatic heterocycles. The van der Waals surface area contributed by atoms with Crippen molar-refractivity contribution in [1.29, 1.82) is 0 Å². The van der Waals surface area contributed by atoms with Crippen molar-refractivity contribution in [3.05, 3.63) is 59.7 Å². The molecule has 1 aliphatic heterocycles. The van der Waals surface area contributed by atoms with Crippen LogP contribution in [0.3, 0.4) is 0 Å². The summed E-state index contributed by atoms with van der Waals surface area (Å²) in [7, 11) is 0. The maximum absolute atomic E-state index is 12.2. The Hall–Kier alpha value is -2.28. The lowest BCUT2D eigenvalue weighted by Gasteiger charge is -2.14. The molecule has 0 unspecified atom stereocenters. The zero-order valence-electron chi connectivity index (χ0n) is 15.5. The highest BCUT2D eigenvalue weighted by molar-refractivity contribution is 6.05. The number of anilines is 2. The van der Waals surface area contributed by atoms with E-state index >= 15 is 0 Å². The van der Waals surface area contributed by atoms with Crippen molar-refractivity contribution in [1.82, 2.24) is 10.2 Å². The summed E-state index contributed by atoms with van der Waals surface area (Å²) in [5.74, 6) is -0.335. The monoisotopic (exact) mass is 424 g/mol. The van der Waals surface area contributed by atoms with Crippen LogP contribution in [0, 0.1) is 0 Å². The summed E-state index contributed by atoms with van der Waals surface area (Å²) in [5, 5.41) is 5.74. The average Bonchev–Trinajstić information content (AvgIpc) is 3.15. The van der Waals surface area contributed by atoms with Crippen LogP contribution in [0.1, 0.15) is 33.6 Å². The van der Waals surface area contributed by atoms with E-state index < -0.39 is 0 Å². The summed E-state index contributed by atoms with van der Waals surface area (Å²) in [6.07, 6.45) is 2.49. The molecular formula is C20H26Cl2N4O2. The molecule has 6 nitrogen and oxygen atoms in total. The Morgan fingerprint density at radius 1 is 0.929 bits per heavy atom. The Morgan fingerprint density at radius 2 is 1.61 bits per heavy atom. The molecule has 2 aromatic rings. The Bertz CT molecular complexity index is 778. The van der Waals surface area contributed by atoms with E-state index in [9.17, 15) is 9.59 Å². The first kappa shape index (κ1) is 23.8. The number of rotatable bonds is 6. The zero-order valence-corrected chi connectivity index (χ0v) is 17.2. The standard InChI is InChI=1S/C20H24N4O2.2ClH/c21-17-5-3-4-16(14-17)20(26)23-18-8-6-15(7-9-18)19(25)22-10-13-24-11-1-2-12-24;;/h3-9,14H,1-2,10-13,21H2,(H,22,25)(H,23,26);2*1H. The van der Waals surface area contributed by atoms with Crippen LogP contribution < -0.4 is 16.4 Å². The van der Waals surface area contributed by atoms with Gasteiger partial charge in [0.25, 0.3) is 11.8 Å². The molecule has 0 radical (unpaired) electrons. The molecule has 2 aromatic carbocycles. The van der Waals surface area contributed by atoms with Gasteiger partial charge in [-0.1, -0.05) is 6.07 Å². The molecule has 4 N–H and O–H groups in total. The molecule has 152 valence electrons. The van der Waals surface area contributed by atoms with E-state index in [-0.39, 0.29) is 36.6 Å². The Morgan fingerprint density at radius 3 is 2.25 bits per heavy atom. The molecule has 1 fully saturated rings. The molecule has 0 aliphatic carbocycles. The number of carbonyl (C=O) groups excluding carboxylic acids is 2. The largest absolute Gasteiger partial charge is 0.399 e. The molecule has 1 aliphatic rings. The fourth-order valence-corrected chi connectivity index (χ4v) is 3.02. The van der Waals surface area contributed by atoms with Gasteiger partial charge in [-0.05, 0) is 68.4 Å². The maximum Gasteiger partial charge on any atom is 0.255 e. The summed E-state index contributed by atoms with van der Waals surface area (Å²) < 4.78 is 0. The van der Waals surface area contributed by atoms with Crippen LogP contribution in [-0.2, 0) is 0 Å². The van der Waals surface area contributed by atoms with Crippen molar-refractivity contribution in [3.8, 4) is 0 Å². The minimum atomic E-state index is -0.236. The third-order valence-corrected chi connectivity index (χ3v) is 4.47. The van der Waals surface area contributed by atoms with Gasteiger partial charge < -0.3 is 21.3 Å². The number of benzene rings is 2. The van der Waals surface area contributed by atoms with Crippen LogP contribution in [0.4, 0.5) is 11.4 Å². The van der Waals surface area contributed by atoms with Crippen LogP contribution in [0.15, 0.2) is 48.5 Å². The fraction of sp³-hybridized carbons (Fsp3) is 0.300. The van der Waals surface area contributed by atoms with Gasteiger partial charge in [0, 0.05) is 35.6 Å². The highest BCUT2D eigenvalue weighted by atomic mass is 35.5. The third-order valence-electron chi connectivity index (χ3n) is 4.47. The predicted octanol–water partition coefficient (Wildman–Crippen LogP) is 3.19. The number of hydrogen-bond acceptors (Lipinski definition) is 4. The first-order chi connectivity index (χ1) is 12.6.